The topological polar surface area (TPSA) is 58.6 Å². The van der Waals surface area contributed by atoms with Gasteiger partial charge in [-0.3, -0.25) is 4.79 Å². The number of amides is 1. The highest BCUT2D eigenvalue weighted by Gasteiger charge is 2.40. The Morgan fingerprint density at radius 3 is 2.67 bits per heavy atom. The standard InChI is InChI=1S/C11H19NO3/c1-8-3-4-9(15-8)10(14)12-11(7-13)5-2-6-11/h8-9,13H,2-7H2,1H3,(H,12,14). The van der Waals surface area contributed by atoms with Crippen molar-refractivity contribution >= 4 is 5.91 Å². The van der Waals surface area contributed by atoms with Crippen molar-refractivity contribution in [1.82, 2.24) is 5.32 Å². The lowest BCUT2D eigenvalue weighted by molar-refractivity contribution is -0.135. The molecule has 86 valence electrons. The zero-order chi connectivity index (χ0) is 10.9. The van der Waals surface area contributed by atoms with Crippen LogP contribution in [0.4, 0.5) is 0 Å². The minimum atomic E-state index is -0.341. The molecule has 2 rings (SSSR count). The maximum absolute atomic E-state index is 11.8. The van der Waals surface area contributed by atoms with Crippen molar-refractivity contribution in [3.8, 4) is 0 Å². The highest BCUT2D eigenvalue weighted by Crippen LogP contribution is 2.32. The second kappa shape index (κ2) is 4.10. The first-order valence-electron chi connectivity index (χ1n) is 5.73. The van der Waals surface area contributed by atoms with Gasteiger partial charge in [-0.1, -0.05) is 0 Å². The summed E-state index contributed by atoms with van der Waals surface area (Å²) in [6, 6.07) is 0. The first kappa shape index (κ1) is 10.9. The number of hydrogen-bond donors (Lipinski definition) is 2. The summed E-state index contributed by atoms with van der Waals surface area (Å²) in [7, 11) is 0. The molecule has 0 aromatic heterocycles. The van der Waals surface area contributed by atoms with Gasteiger partial charge in [-0.2, -0.15) is 0 Å². The molecule has 2 N–H and O–H groups in total. The smallest absolute Gasteiger partial charge is 0.249 e. The van der Waals surface area contributed by atoms with Gasteiger partial charge in [0.05, 0.1) is 18.2 Å². The number of carbonyl (C=O) groups excluding carboxylic acids is 1. The molecule has 0 spiro atoms. The van der Waals surface area contributed by atoms with Gasteiger partial charge in [0.2, 0.25) is 5.91 Å². The fourth-order valence-corrected chi connectivity index (χ4v) is 2.26. The molecule has 4 nitrogen and oxygen atoms in total. The van der Waals surface area contributed by atoms with Crippen LogP contribution in [0.1, 0.15) is 39.0 Å². The van der Waals surface area contributed by atoms with Crippen molar-refractivity contribution in [2.45, 2.75) is 56.8 Å². The van der Waals surface area contributed by atoms with E-state index in [0.717, 1.165) is 32.1 Å². The number of rotatable bonds is 3. The summed E-state index contributed by atoms with van der Waals surface area (Å²) in [5.74, 6) is -0.0481. The number of hydrogen-bond acceptors (Lipinski definition) is 3. The van der Waals surface area contributed by atoms with Crippen LogP contribution in [0.3, 0.4) is 0 Å². The molecular formula is C11H19NO3. The van der Waals surface area contributed by atoms with Gasteiger partial charge in [-0.25, -0.2) is 0 Å². The molecule has 2 aliphatic rings. The van der Waals surface area contributed by atoms with Crippen molar-refractivity contribution in [1.29, 1.82) is 0 Å². The third-order valence-electron chi connectivity index (χ3n) is 3.53. The molecule has 2 unspecified atom stereocenters. The van der Waals surface area contributed by atoms with Crippen LogP contribution in [-0.2, 0) is 9.53 Å². The molecule has 0 bridgehead atoms. The predicted octanol–water partition coefficient (Wildman–Crippen LogP) is 0.585. The SMILES string of the molecule is CC1CCC(C(=O)NC2(CO)CCC2)O1. The number of aliphatic hydroxyl groups is 1. The van der Waals surface area contributed by atoms with Crippen molar-refractivity contribution in [3.05, 3.63) is 0 Å². The first-order chi connectivity index (χ1) is 7.15. The summed E-state index contributed by atoms with van der Waals surface area (Å²) >= 11 is 0. The van der Waals surface area contributed by atoms with E-state index in [1.807, 2.05) is 6.92 Å². The quantitative estimate of drug-likeness (QED) is 0.721. The van der Waals surface area contributed by atoms with Gasteiger partial charge in [-0.05, 0) is 39.0 Å². The van der Waals surface area contributed by atoms with Crippen molar-refractivity contribution < 1.29 is 14.6 Å². The highest BCUT2D eigenvalue weighted by atomic mass is 16.5. The van der Waals surface area contributed by atoms with E-state index in [-0.39, 0.29) is 30.3 Å². The fraction of sp³-hybridized carbons (Fsp3) is 0.909. The number of ether oxygens (including phenoxy) is 1. The summed E-state index contributed by atoms with van der Waals surface area (Å²) in [6.07, 6.45) is 4.49. The Balaban J connectivity index is 1.86. The molecule has 1 aliphatic carbocycles. The summed E-state index contributed by atoms with van der Waals surface area (Å²) in [6.45, 7) is 2.03. The first-order valence-corrected chi connectivity index (χ1v) is 5.73. The molecule has 1 aliphatic heterocycles. The van der Waals surface area contributed by atoms with Gasteiger partial charge in [0, 0.05) is 0 Å². The van der Waals surface area contributed by atoms with E-state index >= 15 is 0 Å². The van der Waals surface area contributed by atoms with Gasteiger partial charge in [0.1, 0.15) is 6.10 Å². The van der Waals surface area contributed by atoms with E-state index in [0.29, 0.717) is 0 Å². The summed E-state index contributed by atoms with van der Waals surface area (Å²) in [4.78, 5) is 11.8. The van der Waals surface area contributed by atoms with E-state index in [4.69, 9.17) is 4.74 Å². The number of nitrogens with one attached hydrogen (secondary N) is 1. The lowest BCUT2D eigenvalue weighted by Gasteiger charge is -2.41. The predicted molar refractivity (Wildman–Crippen MR) is 55.4 cm³/mol. The maximum atomic E-state index is 11.8. The third kappa shape index (κ3) is 2.16. The van der Waals surface area contributed by atoms with Crippen LogP contribution in [0.25, 0.3) is 0 Å². The maximum Gasteiger partial charge on any atom is 0.249 e. The van der Waals surface area contributed by atoms with Gasteiger partial charge in [-0.15, -0.1) is 0 Å². The Kier molecular flexibility index (Phi) is 2.98. The van der Waals surface area contributed by atoms with Crippen LogP contribution in [0.15, 0.2) is 0 Å². The van der Waals surface area contributed by atoms with E-state index in [1.165, 1.54) is 0 Å². The monoisotopic (exact) mass is 213 g/mol. The van der Waals surface area contributed by atoms with Crippen LogP contribution in [0, 0.1) is 0 Å². The van der Waals surface area contributed by atoms with E-state index < -0.39 is 0 Å². The Hall–Kier alpha value is -0.610. The lowest BCUT2D eigenvalue weighted by Crippen LogP contribution is -2.58. The van der Waals surface area contributed by atoms with Crippen LogP contribution in [0.5, 0.6) is 0 Å². The van der Waals surface area contributed by atoms with Crippen molar-refractivity contribution in [3.63, 3.8) is 0 Å². The second-order valence-electron chi connectivity index (χ2n) is 4.79. The molecule has 2 fully saturated rings. The zero-order valence-electron chi connectivity index (χ0n) is 9.16. The van der Waals surface area contributed by atoms with E-state index in [9.17, 15) is 9.90 Å². The molecule has 4 heteroatoms. The van der Waals surface area contributed by atoms with Gasteiger partial charge in [0.15, 0.2) is 0 Å². The van der Waals surface area contributed by atoms with Crippen LogP contribution in [-0.4, -0.2) is 35.4 Å². The summed E-state index contributed by atoms with van der Waals surface area (Å²) < 4.78 is 5.49. The molecule has 1 heterocycles. The molecule has 0 aromatic rings. The number of aliphatic hydroxyl groups excluding tert-OH is 1. The summed E-state index contributed by atoms with van der Waals surface area (Å²) in [5, 5.41) is 12.2. The Labute approximate surface area is 90.0 Å². The molecule has 0 radical (unpaired) electrons. The lowest BCUT2D eigenvalue weighted by atomic mass is 9.77. The Morgan fingerprint density at radius 1 is 1.53 bits per heavy atom. The van der Waals surface area contributed by atoms with Crippen molar-refractivity contribution in [2.24, 2.45) is 0 Å². The molecule has 15 heavy (non-hydrogen) atoms. The minimum Gasteiger partial charge on any atom is -0.394 e. The molecule has 0 aromatic carbocycles. The van der Waals surface area contributed by atoms with Gasteiger partial charge < -0.3 is 15.2 Å². The normalized spacial score (nSPS) is 33.5. The average molecular weight is 213 g/mol. The fourth-order valence-electron chi connectivity index (χ4n) is 2.26. The molecule has 1 saturated carbocycles. The molecular weight excluding hydrogens is 194 g/mol. The number of carbonyl (C=O) groups is 1. The van der Waals surface area contributed by atoms with Crippen LogP contribution in [0.2, 0.25) is 0 Å². The van der Waals surface area contributed by atoms with Gasteiger partial charge >= 0.3 is 0 Å². The average Bonchev–Trinajstić information content (AvgIpc) is 2.58. The van der Waals surface area contributed by atoms with Crippen LogP contribution < -0.4 is 5.32 Å². The third-order valence-corrected chi connectivity index (χ3v) is 3.53. The van der Waals surface area contributed by atoms with E-state index in [1.54, 1.807) is 0 Å². The molecule has 1 amide bonds. The summed E-state index contributed by atoms with van der Waals surface area (Å²) in [5.41, 5.74) is -0.341. The zero-order valence-corrected chi connectivity index (χ0v) is 9.16. The molecule has 1 saturated heterocycles. The van der Waals surface area contributed by atoms with Crippen molar-refractivity contribution in [2.75, 3.05) is 6.61 Å². The second-order valence-corrected chi connectivity index (χ2v) is 4.79. The highest BCUT2D eigenvalue weighted by molar-refractivity contribution is 5.82. The minimum absolute atomic E-state index is 0.0427. The Morgan fingerprint density at radius 2 is 2.27 bits per heavy atom. The van der Waals surface area contributed by atoms with E-state index in [2.05, 4.69) is 5.32 Å². The molecule has 2 atom stereocenters. The van der Waals surface area contributed by atoms with Gasteiger partial charge in [0.25, 0.3) is 0 Å². The Bertz CT molecular complexity index is 245. The largest absolute Gasteiger partial charge is 0.394 e. The van der Waals surface area contributed by atoms with Crippen LogP contribution >= 0.6 is 0 Å².